The van der Waals surface area contributed by atoms with Crippen LogP contribution in [0.15, 0.2) is 117 Å². The molecule has 34 heavy (non-hydrogen) atoms. The van der Waals surface area contributed by atoms with E-state index in [2.05, 4.69) is 0 Å². The van der Waals surface area contributed by atoms with Gasteiger partial charge in [0.25, 0.3) is 0 Å². The van der Waals surface area contributed by atoms with Gasteiger partial charge in [-0.05, 0) is 47.4 Å². The number of allylic oxidation sites excluding steroid dienone is 20. The summed E-state index contributed by atoms with van der Waals surface area (Å²) in [6.45, 7) is 0. The summed E-state index contributed by atoms with van der Waals surface area (Å²) in [6, 6.07) is 0. The molecule has 4 heteroatoms. The Labute approximate surface area is 198 Å². The second kappa shape index (κ2) is 10.1. The highest BCUT2D eigenvalue weighted by molar-refractivity contribution is 5.68. The largest absolute Gasteiger partial charge is 0.233 e. The summed E-state index contributed by atoms with van der Waals surface area (Å²) in [4.78, 5) is 44.7. The van der Waals surface area contributed by atoms with Crippen LogP contribution in [0.1, 0.15) is 32.1 Å². The van der Waals surface area contributed by atoms with Gasteiger partial charge in [-0.1, -0.05) is 54.2 Å². The molecule has 4 nitrogen and oxygen atoms in total. The molecule has 0 aliphatic heterocycles. The molecule has 166 valence electrons. The molecule has 0 bridgehead atoms. The average Bonchev–Trinajstić information content (AvgIpc) is 2.92. The third kappa shape index (κ3) is 4.45. The zero-order valence-corrected chi connectivity index (χ0v) is 18.6. The molecule has 0 spiro atoms. The van der Waals surface area contributed by atoms with E-state index in [1.54, 1.807) is 24.3 Å². The molecule has 0 aromatic carbocycles. The summed E-state index contributed by atoms with van der Waals surface area (Å²) in [7, 11) is 0. The first-order valence-electron chi connectivity index (χ1n) is 11.1. The van der Waals surface area contributed by atoms with Crippen molar-refractivity contribution in [2.24, 2.45) is 5.41 Å². The minimum absolute atomic E-state index is 0.469. The maximum absolute atomic E-state index is 11.2. The van der Waals surface area contributed by atoms with E-state index in [-0.39, 0.29) is 0 Å². The van der Waals surface area contributed by atoms with E-state index in [4.69, 9.17) is 0 Å². The van der Waals surface area contributed by atoms with Crippen molar-refractivity contribution < 1.29 is 19.2 Å². The second-order valence-corrected chi connectivity index (χ2v) is 8.50. The molecule has 0 heterocycles. The molecule has 0 fully saturated rings. The van der Waals surface area contributed by atoms with Gasteiger partial charge in [0, 0.05) is 53.4 Å². The van der Waals surface area contributed by atoms with Crippen molar-refractivity contribution in [1.82, 2.24) is 0 Å². The van der Waals surface area contributed by atoms with E-state index in [9.17, 15) is 19.2 Å². The van der Waals surface area contributed by atoms with Gasteiger partial charge in [-0.15, -0.1) is 0 Å². The fourth-order valence-corrected chi connectivity index (χ4v) is 4.72. The van der Waals surface area contributed by atoms with Gasteiger partial charge < -0.3 is 0 Å². The zero-order chi connectivity index (χ0) is 24.0. The fourth-order valence-electron chi connectivity index (χ4n) is 4.72. The Morgan fingerprint density at radius 3 is 1.12 bits per heavy atom. The van der Waals surface area contributed by atoms with Crippen LogP contribution in [0.25, 0.3) is 0 Å². The number of rotatable bonds is 5. The number of hydrogen-bond acceptors (Lipinski definition) is 4. The minimum Gasteiger partial charge on any atom is -0.233 e. The molecular weight excluding hydrogens is 424 g/mol. The number of carbonyl (C=O) groups excluding carboxylic acids is 4. The molecule has 0 saturated carbocycles. The standard InChI is InChI=1S/C30H22O4/c31-18-23-3-1-22(2-4-23)17-30(27-11-5-24(19-32)6-12-27,28-13-7-25(20-33)8-14-28)29-15-9-26(21-34)10-16-29/h1-3,5,7,9,11-16H,4,6,8,10,17H2. The first kappa shape index (κ1) is 22.9. The zero-order valence-electron chi connectivity index (χ0n) is 18.6. The van der Waals surface area contributed by atoms with E-state index in [1.807, 2.05) is 72.4 Å². The molecular formula is C30H22O4. The first-order valence-corrected chi connectivity index (χ1v) is 11.1. The predicted octanol–water partition coefficient (Wildman–Crippen LogP) is 4.94. The van der Waals surface area contributed by atoms with E-state index in [0.29, 0.717) is 54.4 Å². The van der Waals surface area contributed by atoms with Gasteiger partial charge in [-0.3, -0.25) is 0 Å². The van der Waals surface area contributed by atoms with Crippen molar-refractivity contribution in [3.63, 3.8) is 0 Å². The quantitative estimate of drug-likeness (QED) is 0.561. The second-order valence-electron chi connectivity index (χ2n) is 8.50. The average molecular weight is 447 g/mol. The van der Waals surface area contributed by atoms with Gasteiger partial charge >= 0.3 is 0 Å². The molecule has 0 N–H and O–H groups in total. The summed E-state index contributed by atoms with van der Waals surface area (Å²) in [5, 5.41) is 0. The summed E-state index contributed by atoms with van der Waals surface area (Å²) in [5.74, 6) is 7.90. The molecule has 4 aliphatic carbocycles. The van der Waals surface area contributed by atoms with Crippen LogP contribution in [0, 0.1) is 5.41 Å². The van der Waals surface area contributed by atoms with Crippen LogP contribution < -0.4 is 0 Å². The first-order chi connectivity index (χ1) is 16.6. The van der Waals surface area contributed by atoms with Gasteiger partial charge in [0.2, 0.25) is 0 Å². The lowest BCUT2D eigenvalue weighted by molar-refractivity contribution is 0.534. The molecule has 0 saturated heterocycles. The Morgan fingerprint density at radius 2 is 0.853 bits per heavy atom. The fraction of sp³-hybridized carbons (Fsp3) is 0.200. The molecule has 0 radical (unpaired) electrons. The van der Waals surface area contributed by atoms with Crippen molar-refractivity contribution in [1.29, 1.82) is 0 Å². The third-order valence-electron chi connectivity index (χ3n) is 6.57. The lowest BCUT2D eigenvalue weighted by Crippen LogP contribution is -2.30. The van der Waals surface area contributed by atoms with Crippen LogP contribution in [-0.4, -0.2) is 23.8 Å². The van der Waals surface area contributed by atoms with Gasteiger partial charge in [0.1, 0.15) is 23.8 Å². The smallest absolute Gasteiger partial charge is 0.128 e. The van der Waals surface area contributed by atoms with Crippen molar-refractivity contribution in [2.75, 3.05) is 0 Å². The molecule has 0 amide bonds. The van der Waals surface area contributed by atoms with Gasteiger partial charge in [0.15, 0.2) is 0 Å². The lowest BCUT2D eigenvalue weighted by atomic mass is 9.61. The highest BCUT2D eigenvalue weighted by Crippen LogP contribution is 2.52. The van der Waals surface area contributed by atoms with Gasteiger partial charge in [0.05, 0.1) is 0 Å². The Hall–Kier alpha value is -4.28. The summed E-state index contributed by atoms with van der Waals surface area (Å²) in [6.07, 6.45) is 25.7. The highest BCUT2D eigenvalue weighted by atomic mass is 16.1. The molecule has 0 unspecified atom stereocenters. The van der Waals surface area contributed by atoms with E-state index < -0.39 is 5.41 Å². The molecule has 0 aromatic rings. The third-order valence-corrected chi connectivity index (χ3v) is 6.57. The monoisotopic (exact) mass is 446 g/mol. The van der Waals surface area contributed by atoms with Crippen LogP contribution in [0.3, 0.4) is 0 Å². The topological polar surface area (TPSA) is 68.3 Å². The maximum Gasteiger partial charge on any atom is 0.128 e. The van der Waals surface area contributed by atoms with E-state index in [0.717, 1.165) is 22.3 Å². The molecule has 0 atom stereocenters. The van der Waals surface area contributed by atoms with Gasteiger partial charge in [-0.2, -0.15) is 0 Å². The predicted molar refractivity (Wildman–Crippen MR) is 131 cm³/mol. The lowest BCUT2D eigenvalue weighted by Gasteiger charge is -2.41. The van der Waals surface area contributed by atoms with Crippen molar-refractivity contribution in [3.8, 4) is 0 Å². The Balaban J connectivity index is 1.90. The summed E-state index contributed by atoms with van der Waals surface area (Å²) < 4.78 is 0. The normalized spacial score (nSPS) is 20.8. The van der Waals surface area contributed by atoms with Crippen LogP contribution in [0.5, 0.6) is 0 Å². The SMILES string of the molecule is O=C=C1C=CC(CC(C2=CCC(=C=O)C=C2)(C2=CCC(=C=O)C=C2)C2=CCC(=C=O)C=C2)=CC1. The van der Waals surface area contributed by atoms with E-state index >= 15 is 0 Å². The van der Waals surface area contributed by atoms with Crippen LogP contribution in [-0.2, 0) is 19.2 Å². The Bertz CT molecular complexity index is 1240. The van der Waals surface area contributed by atoms with Crippen LogP contribution in [0.4, 0.5) is 0 Å². The minimum atomic E-state index is -0.626. The van der Waals surface area contributed by atoms with E-state index in [1.165, 1.54) is 0 Å². The summed E-state index contributed by atoms with van der Waals surface area (Å²) >= 11 is 0. The maximum atomic E-state index is 11.2. The molecule has 0 aromatic heterocycles. The summed E-state index contributed by atoms with van der Waals surface area (Å²) in [5.41, 5.74) is 5.81. The molecule has 4 rings (SSSR count). The van der Waals surface area contributed by atoms with Crippen molar-refractivity contribution in [3.05, 3.63) is 117 Å². The molecule has 4 aliphatic rings. The highest BCUT2D eigenvalue weighted by Gasteiger charge is 2.41. The van der Waals surface area contributed by atoms with Crippen molar-refractivity contribution >= 4 is 23.8 Å². The van der Waals surface area contributed by atoms with Crippen LogP contribution in [0.2, 0.25) is 0 Å². The Kier molecular flexibility index (Phi) is 6.81. The van der Waals surface area contributed by atoms with Gasteiger partial charge in [-0.25, -0.2) is 19.2 Å². The Morgan fingerprint density at radius 1 is 0.500 bits per heavy atom. The number of hydrogen-bond donors (Lipinski definition) is 0. The van der Waals surface area contributed by atoms with Crippen molar-refractivity contribution in [2.45, 2.75) is 32.1 Å². The van der Waals surface area contributed by atoms with Crippen LogP contribution >= 0.6 is 0 Å².